The SMILES string of the molecule is CCCC(C(=O)Nc1ccc(C(C)C)cc1)C(N)=NO. The van der Waals surface area contributed by atoms with Gasteiger partial charge in [-0.25, -0.2) is 0 Å². The fourth-order valence-electron chi connectivity index (χ4n) is 1.95. The number of carbonyl (C=O) groups excluding carboxylic acids is 1. The summed E-state index contributed by atoms with van der Waals surface area (Å²) < 4.78 is 0. The van der Waals surface area contributed by atoms with Crippen molar-refractivity contribution in [1.29, 1.82) is 0 Å². The highest BCUT2D eigenvalue weighted by Crippen LogP contribution is 2.18. The number of nitrogens with one attached hydrogen (secondary N) is 1. The molecule has 0 bridgehead atoms. The minimum Gasteiger partial charge on any atom is -0.409 e. The van der Waals surface area contributed by atoms with Crippen LogP contribution in [-0.2, 0) is 4.79 Å². The molecule has 1 aromatic carbocycles. The number of hydrogen-bond acceptors (Lipinski definition) is 3. The first-order valence-corrected chi connectivity index (χ1v) is 6.87. The smallest absolute Gasteiger partial charge is 0.235 e. The summed E-state index contributed by atoms with van der Waals surface area (Å²) in [6.07, 6.45) is 1.33. The molecule has 0 radical (unpaired) electrons. The molecule has 1 atom stereocenters. The zero-order valence-electron chi connectivity index (χ0n) is 12.3. The zero-order chi connectivity index (χ0) is 15.1. The van der Waals surface area contributed by atoms with Crippen LogP contribution in [0, 0.1) is 5.92 Å². The molecule has 0 aliphatic heterocycles. The van der Waals surface area contributed by atoms with Gasteiger partial charge in [-0.1, -0.05) is 44.5 Å². The Morgan fingerprint density at radius 1 is 1.35 bits per heavy atom. The number of carbonyl (C=O) groups is 1. The van der Waals surface area contributed by atoms with E-state index in [4.69, 9.17) is 10.9 Å². The molecular weight excluding hydrogens is 254 g/mol. The number of anilines is 1. The first-order valence-electron chi connectivity index (χ1n) is 6.87. The number of nitrogens with zero attached hydrogens (tertiary/aromatic N) is 1. The molecule has 5 heteroatoms. The predicted molar refractivity (Wildman–Crippen MR) is 81.0 cm³/mol. The molecule has 1 aromatic rings. The van der Waals surface area contributed by atoms with Crippen molar-refractivity contribution < 1.29 is 10.0 Å². The molecule has 1 unspecified atom stereocenters. The Kier molecular flexibility index (Phi) is 6.03. The molecule has 0 heterocycles. The van der Waals surface area contributed by atoms with Gasteiger partial charge in [-0.3, -0.25) is 4.79 Å². The van der Waals surface area contributed by atoms with Crippen molar-refractivity contribution in [3.05, 3.63) is 29.8 Å². The Bertz CT molecular complexity index is 467. The summed E-state index contributed by atoms with van der Waals surface area (Å²) in [7, 11) is 0. The Labute approximate surface area is 119 Å². The van der Waals surface area contributed by atoms with E-state index in [1.54, 1.807) is 0 Å². The largest absolute Gasteiger partial charge is 0.409 e. The van der Waals surface area contributed by atoms with Gasteiger partial charge in [0.2, 0.25) is 5.91 Å². The Morgan fingerprint density at radius 3 is 2.40 bits per heavy atom. The molecule has 0 aromatic heterocycles. The van der Waals surface area contributed by atoms with Gasteiger partial charge >= 0.3 is 0 Å². The third-order valence-corrected chi connectivity index (χ3v) is 3.21. The van der Waals surface area contributed by atoms with E-state index in [9.17, 15) is 4.79 Å². The molecule has 0 spiro atoms. The molecule has 0 saturated heterocycles. The molecule has 20 heavy (non-hydrogen) atoms. The van der Waals surface area contributed by atoms with Gasteiger partial charge in [0.25, 0.3) is 0 Å². The lowest BCUT2D eigenvalue weighted by atomic mass is 10.0. The third-order valence-electron chi connectivity index (χ3n) is 3.21. The highest BCUT2D eigenvalue weighted by atomic mass is 16.4. The van der Waals surface area contributed by atoms with Crippen molar-refractivity contribution in [2.75, 3.05) is 5.32 Å². The van der Waals surface area contributed by atoms with Crippen LogP contribution in [0.5, 0.6) is 0 Å². The van der Waals surface area contributed by atoms with Gasteiger partial charge in [0.05, 0.1) is 5.92 Å². The maximum atomic E-state index is 12.1. The van der Waals surface area contributed by atoms with Crippen molar-refractivity contribution in [3.63, 3.8) is 0 Å². The molecule has 0 saturated carbocycles. The number of benzene rings is 1. The second-order valence-corrected chi connectivity index (χ2v) is 5.13. The standard InChI is InChI=1S/C15H23N3O2/c1-4-5-13(14(16)18-20)15(19)17-12-8-6-11(7-9-12)10(2)3/h6-10,13,20H,4-5H2,1-3H3,(H2,16,18)(H,17,19). The van der Waals surface area contributed by atoms with Gasteiger partial charge in [-0.2, -0.15) is 0 Å². The monoisotopic (exact) mass is 277 g/mol. The van der Waals surface area contributed by atoms with E-state index in [1.165, 1.54) is 5.56 Å². The van der Waals surface area contributed by atoms with Crippen LogP contribution in [0.3, 0.4) is 0 Å². The highest BCUT2D eigenvalue weighted by Gasteiger charge is 2.22. The molecule has 1 amide bonds. The van der Waals surface area contributed by atoms with E-state index < -0.39 is 5.92 Å². The lowest BCUT2D eigenvalue weighted by Crippen LogP contribution is -2.34. The van der Waals surface area contributed by atoms with Gasteiger partial charge < -0.3 is 16.3 Å². The second-order valence-electron chi connectivity index (χ2n) is 5.13. The van der Waals surface area contributed by atoms with Gasteiger partial charge in [0.1, 0.15) is 0 Å². The molecule has 4 N–H and O–H groups in total. The van der Waals surface area contributed by atoms with Crippen LogP contribution in [0.25, 0.3) is 0 Å². The third kappa shape index (κ3) is 4.26. The molecule has 1 rings (SSSR count). The Morgan fingerprint density at radius 2 is 1.95 bits per heavy atom. The number of oxime groups is 1. The highest BCUT2D eigenvalue weighted by molar-refractivity contribution is 6.07. The normalized spacial score (nSPS) is 13.3. The number of amidine groups is 1. The summed E-state index contributed by atoms with van der Waals surface area (Å²) in [6.45, 7) is 6.18. The number of hydrogen-bond donors (Lipinski definition) is 3. The molecular formula is C15H23N3O2. The summed E-state index contributed by atoms with van der Waals surface area (Å²) in [4.78, 5) is 12.1. The van der Waals surface area contributed by atoms with Crippen molar-refractivity contribution in [2.45, 2.75) is 39.5 Å². The molecule has 5 nitrogen and oxygen atoms in total. The van der Waals surface area contributed by atoms with Crippen LogP contribution in [0.15, 0.2) is 29.4 Å². The van der Waals surface area contributed by atoms with Crippen LogP contribution in [0.2, 0.25) is 0 Å². The summed E-state index contributed by atoms with van der Waals surface area (Å²) in [5, 5.41) is 14.5. The van der Waals surface area contributed by atoms with Crippen molar-refractivity contribution in [1.82, 2.24) is 0 Å². The molecule has 0 aliphatic rings. The van der Waals surface area contributed by atoms with Crippen molar-refractivity contribution in [2.24, 2.45) is 16.8 Å². The maximum Gasteiger partial charge on any atom is 0.235 e. The van der Waals surface area contributed by atoms with Gasteiger partial charge in [-0.05, 0) is 30.0 Å². The molecule has 0 fully saturated rings. The quantitative estimate of drug-likeness (QED) is 0.323. The first-order chi connectivity index (χ1) is 9.49. The first kappa shape index (κ1) is 16.0. The van der Waals surface area contributed by atoms with E-state index >= 15 is 0 Å². The average Bonchev–Trinajstić information content (AvgIpc) is 2.44. The van der Waals surface area contributed by atoms with Crippen LogP contribution in [0.1, 0.15) is 45.1 Å². The Hall–Kier alpha value is -2.04. The van der Waals surface area contributed by atoms with E-state index in [-0.39, 0.29) is 11.7 Å². The topological polar surface area (TPSA) is 87.7 Å². The molecule has 110 valence electrons. The van der Waals surface area contributed by atoms with Gasteiger partial charge in [0.15, 0.2) is 5.84 Å². The lowest BCUT2D eigenvalue weighted by molar-refractivity contribution is -0.118. The van der Waals surface area contributed by atoms with E-state index in [0.29, 0.717) is 18.0 Å². The summed E-state index contributed by atoms with van der Waals surface area (Å²) in [5.74, 6) is -0.456. The fourth-order valence-corrected chi connectivity index (χ4v) is 1.95. The van der Waals surface area contributed by atoms with Gasteiger partial charge in [-0.15, -0.1) is 0 Å². The van der Waals surface area contributed by atoms with E-state index in [1.807, 2.05) is 31.2 Å². The Balaban J connectivity index is 2.77. The van der Waals surface area contributed by atoms with Gasteiger partial charge in [0, 0.05) is 5.69 Å². The van der Waals surface area contributed by atoms with Crippen LogP contribution in [-0.4, -0.2) is 17.0 Å². The lowest BCUT2D eigenvalue weighted by Gasteiger charge is -2.15. The maximum absolute atomic E-state index is 12.1. The average molecular weight is 277 g/mol. The summed E-state index contributed by atoms with van der Waals surface area (Å²) >= 11 is 0. The van der Waals surface area contributed by atoms with E-state index in [0.717, 1.165) is 6.42 Å². The minimum atomic E-state index is -0.602. The zero-order valence-corrected chi connectivity index (χ0v) is 12.3. The van der Waals surface area contributed by atoms with Crippen molar-refractivity contribution >= 4 is 17.4 Å². The second kappa shape index (κ2) is 7.53. The number of nitrogens with two attached hydrogens (primary N) is 1. The van der Waals surface area contributed by atoms with Crippen LogP contribution < -0.4 is 11.1 Å². The summed E-state index contributed by atoms with van der Waals surface area (Å²) in [6, 6.07) is 7.70. The molecule has 0 aliphatic carbocycles. The fraction of sp³-hybridized carbons (Fsp3) is 0.467. The number of amides is 1. The number of rotatable bonds is 6. The van der Waals surface area contributed by atoms with E-state index in [2.05, 4.69) is 24.3 Å². The van der Waals surface area contributed by atoms with Crippen LogP contribution in [0.4, 0.5) is 5.69 Å². The minimum absolute atomic E-state index is 0.0526. The van der Waals surface area contributed by atoms with Crippen molar-refractivity contribution in [3.8, 4) is 0 Å². The predicted octanol–water partition coefficient (Wildman–Crippen LogP) is 2.91. The van der Waals surface area contributed by atoms with Crippen LogP contribution >= 0.6 is 0 Å². The summed E-state index contributed by atoms with van der Waals surface area (Å²) in [5.41, 5.74) is 7.49.